The molecule has 1 atom stereocenters. The average Bonchev–Trinajstić information content (AvgIpc) is 3.13. The Morgan fingerprint density at radius 3 is 2.93 bits per heavy atom. The van der Waals surface area contributed by atoms with Crippen LogP contribution in [0.25, 0.3) is 0 Å². The molecule has 0 spiro atoms. The molecule has 2 heterocycles. The lowest BCUT2D eigenvalue weighted by molar-refractivity contribution is 0.410. The third kappa shape index (κ3) is 6.67. The van der Waals surface area contributed by atoms with Gasteiger partial charge in [0, 0.05) is 49.5 Å². The molecule has 0 radical (unpaired) electrons. The van der Waals surface area contributed by atoms with Gasteiger partial charge in [-0.2, -0.15) is 5.10 Å². The second kappa shape index (κ2) is 11.5. The largest absolute Gasteiger partial charge is 0.496 e. The van der Waals surface area contributed by atoms with Crippen LogP contribution >= 0.6 is 35.6 Å². The summed E-state index contributed by atoms with van der Waals surface area (Å²) in [6.07, 6.45) is 6.24. The molecule has 3 rings (SSSR count). The number of hydrogen-bond acceptors (Lipinski definition) is 4. The van der Waals surface area contributed by atoms with E-state index in [1.54, 1.807) is 7.11 Å². The van der Waals surface area contributed by atoms with E-state index >= 15 is 0 Å². The van der Waals surface area contributed by atoms with Crippen LogP contribution < -0.4 is 20.3 Å². The molecule has 160 valence electrons. The first-order chi connectivity index (χ1) is 13.6. The molecular formula is C20H30ClIN6O. The molecule has 1 aromatic heterocycles. The second-order valence-corrected chi connectivity index (χ2v) is 7.39. The monoisotopic (exact) mass is 532 g/mol. The van der Waals surface area contributed by atoms with Crippen molar-refractivity contribution in [3.63, 3.8) is 0 Å². The number of aliphatic imine (C=N–C) groups is 1. The Balaban J connectivity index is 0.00000300. The Labute approximate surface area is 194 Å². The highest BCUT2D eigenvalue weighted by Crippen LogP contribution is 2.24. The van der Waals surface area contributed by atoms with E-state index in [0.29, 0.717) is 17.6 Å². The predicted octanol–water partition coefficient (Wildman–Crippen LogP) is 3.42. The van der Waals surface area contributed by atoms with Crippen molar-refractivity contribution >= 4 is 47.2 Å². The molecule has 0 aliphatic carbocycles. The number of hydrogen-bond donors (Lipinski definition) is 2. The van der Waals surface area contributed by atoms with Crippen LogP contribution in [0.5, 0.6) is 5.75 Å². The quantitative estimate of drug-likeness (QED) is 0.339. The van der Waals surface area contributed by atoms with Crippen LogP contribution in [0.15, 0.2) is 35.6 Å². The molecule has 0 bridgehead atoms. The highest BCUT2D eigenvalue weighted by atomic mass is 127. The van der Waals surface area contributed by atoms with Crippen molar-refractivity contribution in [2.45, 2.75) is 32.4 Å². The van der Waals surface area contributed by atoms with E-state index in [1.165, 1.54) is 5.69 Å². The van der Waals surface area contributed by atoms with Gasteiger partial charge in [0.1, 0.15) is 5.75 Å². The third-order valence-corrected chi connectivity index (χ3v) is 5.05. The lowest BCUT2D eigenvalue weighted by Gasteiger charge is -2.34. The van der Waals surface area contributed by atoms with Gasteiger partial charge in [0.2, 0.25) is 0 Å². The maximum Gasteiger partial charge on any atom is 0.191 e. The minimum atomic E-state index is 0. The third-order valence-electron chi connectivity index (χ3n) is 4.82. The summed E-state index contributed by atoms with van der Waals surface area (Å²) >= 11 is 6.05. The van der Waals surface area contributed by atoms with Crippen molar-refractivity contribution < 1.29 is 4.74 Å². The first-order valence-electron chi connectivity index (χ1n) is 9.70. The van der Waals surface area contributed by atoms with Crippen LogP contribution in [-0.4, -0.2) is 48.5 Å². The number of nitrogens with zero attached hydrogens (tertiary/aromatic N) is 4. The van der Waals surface area contributed by atoms with Gasteiger partial charge in [-0.1, -0.05) is 17.7 Å². The van der Waals surface area contributed by atoms with E-state index in [2.05, 4.69) is 33.8 Å². The number of benzene rings is 1. The summed E-state index contributed by atoms with van der Waals surface area (Å²) in [5.74, 6) is 1.57. The van der Waals surface area contributed by atoms with Gasteiger partial charge in [-0.3, -0.25) is 4.68 Å². The van der Waals surface area contributed by atoms with Crippen LogP contribution in [0.2, 0.25) is 5.02 Å². The average molecular weight is 533 g/mol. The second-order valence-electron chi connectivity index (χ2n) is 6.95. The molecule has 7 nitrogen and oxygen atoms in total. The highest BCUT2D eigenvalue weighted by Gasteiger charge is 2.21. The van der Waals surface area contributed by atoms with Gasteiger partial charge in [0.25, 0.3) is 0 Å². The van der Waals surface area contributed by atoms with E-state index in [4.69, 9.17) is 21.3 Å². The predicted molar refractivity (Wildman–Crippen MR) is 130 cm³/mol. The van der Waals surface area contributed by atoms with Gasteiger partial charge >= 0.3 is 0 Å². The summed E-state index contributed by atoms with van der Waals surface area (Å²) in [4.78, 5) is 7.13. The van der Waals surface area contributed by atoms with Crippen molar-refractivity contribution in [3.8, 4) is 5.75 Å². The molecule has 2 N–H and O–H groups in total. The topological polar surface area (TPSA) is 66.7 Å². The zero-order valence-corrected chi connectivity index (χ0v) is 20.3. The molecule has 1 aliphatic heterocycles. The molecule has 0 saturated carbocycles. The smallest absolute Gasteiger partial charge is 0.191 e. The van der Waals surface area contributed by atoms with E-state index in [1.807, 2.05) is 36.1 Å². The fourth-order valence-corrected chi connectivity index (χ4v) is 3.59. The number of piperidine rings is 1. The Morgan fingerprint density at radius 2 is 2.24 bits per heavy atom. The van der Waals surface area contributed by atoms with E-state index in [-0.39, 0.29) is 24.0 Å². The fraction of sp³-hybridized carbons (Fsp3) is 0.500. The Morgan fingerprint density at radius 1 is 1.41 bits per heavy atom. The van der Waals surface area contributed by atoms with Gasteiger partial charge in [0.05, 0.1) is 25.5 Å². The maximum atomic E-state index is 6.05. The SMILES string of the molecule is CCNC(=NCc1ccc(Cl)cc1OC)NC1CCCN(c2cnn(C)c2)C1.I. The summed E-state index contributed by atoms with van der Waals surface area (Å²) in [6.45, 7) is 5.39. The normalized spacial score (nSPS) is 16.9. The van der Waals surface area contributed by atoms with Crippen molar-refractivity contribution in [2.24, 2.45) is 12.0 Å². The lowest BCUT2D eigenvalue weighted by Crippen LogP contribution is -2.51. The van der Waals surface area contributed by atoms with Gasteiger partial charge in [-0.25, -0.2) is 4.99 Å². The van der Waals surface area contributed by atoms with E-state index < -0.39 is 0 Å². The van der Waals surface area contributed by atoms with Crippen molar-refractivity contribution in [3.05, 3.63) is 41.2 Å². The maximum absolute atomic E-state index is 6.05. The zero-order chi connectivity index (χ0) is 19.9. The summed E-state index contributed by atoms with van der Waals surface area (Å²) in [6, 6.07) is 5.97. The summed E-state index contributed by atoms with van der Waals surface area (Å²) < 4.78 is 7.27. The van der Waals surface area contributed by atoms with Crippen molar-refractivity contribution in [1.82, 2.24) is 20.4 Å². The van der Waals surface area contributed by atoms with Gasteiger partial charge in [-0.15, -0.1) is 24.0 Å². The molecule has 0 amide bonds. The molecule has 1 aromatic carbocycles. The van der Waals surface area contributed by atoms with E-state index in [0.717, 1.165) is 49.7 Å². The molecule has 1 fully saturated rings. The molecular weight excluding hydrogens is 503 g/mol. The van der Waals surface area contributed by atoms with Gasteiger partial charge in [0.15, 0.2) is 5.96 Å². The molecule has 29 heavy (non-hydrogen) atoms. The molecule has 1 saturated heterocycles. The number of aryl methyl sites for hydroxylation is 1. The summed E-state index contributed by atoms with van der Waals surface area (Å²) in [7, 11) is 3.60. The molecule has 2 aromatic rings. The number of aromatic nitrogens is 2. The Bertz CT molecular complexity index is 812. The Kier molecular flexibility index (Phi) is 9.35. The minimum absolute atomic E-state index is 0. The van der Waals surface area contributed by atoms with Crippen LogP contribution in [0, 0.1) is 0 Å². The molecule has 1 unspecified atom stereocenters. The first kappa shape index (κ1) is 23.6. The fourth-order valence-electron chi connectivity index (χ4n) is 3.43. The van der Waals surface area contributed by atoms with Gasteiger partial charge < -0.3 is 20.3 Å². The minimum Gasteiger partial charge on any atom is -0.496 e. The number of methoxy groups -OCH3 is 1. The van der Waals surface area contributed by atoms with E-state index in [9.17, 15) is 0 Å². The number of ether oxygens (including phenoxy) is 1. The zero-order valence-electron chi connectivity index (χ0n) is 17.2. The van der Waals surface area contributed by atoms with Crippen LogP contribution in [0.1, 0.15) is 25.3 Å². The van der Waals surface area contributed by atoms with Crippen LogP contribution in [0.3, 0.4) is 0 Å². The Hall–Kier alpha value is -1.68. The van der Waals surface area contributed by atoms with Gasteiger partial charge in [-0.05, 0) is 31.9 Å². The van der Waals surface area contributed by atoms with Crippen LogP contribution in [0.4, 0.5) is 5.69 Å². The molecule has 1 aliphatic rings. The summed E-state index contributed by atoms with van der Waals surface area (Å²) in [5.41, 5.74) is 2.17. The molecule has 9 heteroatoms. The number of rotatable bonds is 6. The van der Waals surface area contributed by atoms with Crippen LogP contribution in [-0.2, 0) is 13.6 Å². The lowest BCUT2D eigenvalue weighted by atomic mass is 10.1. The number of halogens is 2. The number of guanidine groups is 1. The first-order valence-corrected chi connectivity index (χ1v) is 10.1. The number of anilines is 1. The van der Waals surface area contributed by atoms with Crippen molar-refractivity contribution in [1.29, 1.82) is 0 Å². The number of nitrogens with one attached hydrogen (secondary N) is 2. The summed E-state index contributed by atoms with van der Waals surface area (Å²) in [5, 5.41) is 11.9. The van der Waals surface area contributed by atoms with Crippen molar-refractivity contribution in [2.75, 3.05) is 31.6 Å². The standard InChI is InChI=1S/C20H29ClN6O.HI/c1-4-22-20(23-11-15-7-8-16(21)10-19(15)28-3)25-17-6-5-9-27(13-17)18-12-24-26(2)14-18;/h7-8,10,12,14,17H,4-6,9,11,13H2,1-3H3,(H2,22,23,25);1H. The highest BCUT2D eigenvalue weighted by molar-refractivity contribution is 14.0.